The molecule has 0 aromatic heterocycles. The van der Waals surface area contributed by atoms with Gasteiger partial charge in [-0.1, -0.05) is 10.1 Å². The van der Waals surface area contributed by atoms with Gasteiger partial charge < -0.3 is 18.9 Å². The average molecular weight is 1220 g/mol. The quantitative estimate of drug-likeness (QED) is 0.0329. The minimum atomic E-state index is -6.41. The van der Waals surface area contributed by atoms with E-state index in [9.17, 15) is 47.9 Å². The summed E-state index contributed by atoms with van der Waals surface area (Å²) in [6.45, 7) is -0.218. The van der Waals surface area contributed by atoms with E-state index in [2.05, 4.69) is 33.0 Å². The topological polar surface area (TPSA) is 223 Å². The van der Waals surface area contributed by atoms with Gasteiger partial charge in [-0.2, -0.15) is 87.1 Å². The van der Waals surface area contributed by atoms with Crippen molar-refractivity contribution < 1.29 is 153 Å². The van der Waals surface area contributed by atoms with Crippen molar-refractivity contribution in [2.24, 2.45) is 29.1 Å². The first-order valence-corrected chi connectivity index (χ1v) is 26.8. The monoisotopic (exact) mass is 1220 g/mol. The van der Waals surface area contributed by atoms with Gasteiger partial charge in [-0.3, -0.25) is 9.11 Å². The van der Waals surface area contributed by atoms with E-state index in [-0.39, 0.29) is 19.0 Å². The molecule has 75 heavy (non-hydrogen) atoms. The summed E-state index contributed by atoms with van der Waals surface area (Å²) in [5, 5.41) is 15.1. The lowest BCUT2D eigenvalue weighted by Crippen LogP contribution is -2.88. The molecule has 16 atom stereocenters. The molecule has 0 amide bonds. The van der Waals surface area contributed by atoms with Crippen molar-refractivity contribution in [2.45, 2.75) is 189 Å². The molecule has 6 aliphatic carbocycles. The Labute approximate surface area is 421 Å². The van der Waals surface area contributed by atoms with E-state index in [1.54, 1.807) is 0 Å². The fourth-order valence-corrected chi connectivity index (χ4v) is 15.7. The molecule has 0 aromatic carbocycles. The second kappa shape index (κ2) is 20.7. The lowest BCUT2D eigenvalue weighted by molar-refractivity contribution is -0.565. The predicted molar refractivity (Wildman–Crippen MR) is 213 cm³/mol. The number of hydrogen-bond acceptors (Lipinski definition) is 16. The van der Waals surface area contributed by atoms with Crippen LogP contribution in [0.25, 0.3) is 0 Å². The summed E-state index contributed by atoms with van der Waals surface area (Å²) in [7, 11) is -10.3. The molecule has 6 fully saturated rings. The first-order valence-electron chi connectivity index (χ1n) is 22.1. The van der Waals surface area contributed by atoms with Crippen LogP contribution in [0.5, 0.6) is 0 Å². The van der Waals surface area contributed by atoms with Crippen LogP contribution in [-0.4, -0.2) is 148 Å². The largest absolute Gasteiger partial charge is 0.403 e. The molecule has 6 rings (SSSR count). The van der Waals surface area contributed by atoms with E-state index >= 15 is 57.1 Å². The molecular weight excluding hydrogens is 1170 g/mol. The summed E-state index contributed by atoms with van der Waals surface area (Å²) >= 11 is -0.585. The van der Waals surface area contributed by atoms with E-state index in [0.717, 1.165) is 7.11 Å². The summed E-state index contributed by atoms with van der Waals surface area (Å²) in [4.78, 5) is 0. The molecule has 0 aliphatic heterocycles. The van der Waals surface area contributed by atoms with Crippen molar-refractivity contribution in [1.82, 2.24) is 0 Å². The maximum absolute atomic E-state index is 16.8. The zero-order valence-electron chi connectivity index (χ0n) is 38.0. The smallest absolute Gasteiger partial charge is 0.380 e. The molecule has 6 aliphatic rings. The Kier molecular flexibility index (Phi) is 17.4. The summed E-state index contributed by atoms with van der Waals surface area (Å²) in [5.74, 6) is -48.7. The summed E-state index contributed by atoms with van der Waals surface area (Å²) < 4.78 is 370. The molecule has 4 N–H and O–H groups in total. The molecule has 0 radical (unpaired) electrons. The van der Waals surface area contributed by atoms with Gasteiger partial charge in [0.15, 0.2) is 5.41 Å². The van der Waals surface area contributed by atoms with Crippen molar-refractivity contribution in [3.8, 4) is 0 Å². The van der Waals surface area contributed by atoms with Gasteiger partial charge in [0.25, 0.3) is 20.2 Å². The zero-order chi connectivity index (χ0) is 57.0. The Morgan fingerprint density at radius 3 is 1.27 bits per heavy atom. The molecule has 440 valence electrons. The van der Waals surface area contributed by atoms with Gasteiger partial charge in [0.05, 0.1) is 34.9 Å². The van der Waals surface area contributed by atoms with E-state index in [1.165, 1.54) is 0 Å². The van der Waals surface area contributed by atoms with Gasteiger partial charge in [-0.25, -0.2) is 19.3 Å². The van der Waals surface area contributed by atoms with Gasteiger partial charge in [0.1, 0.15) is 10.5 Å². The zero-order valence-corrected chi connectivity index (χ0v) is 41.3. The fourth-order valence-electron chi connectivity index (χ4n) is 12.0. The highest BCUT2D eigenvalue weighted by atomic mass is 32.2. The van der Waals surface area contributed by atoms with Crippen LogP contribution in [-0.2, 0) is 57.9 Å². The molecule has 0 heterocycles. The lowest BCUT2D eigenvalue weighted by Gasteiger charge is -2.59. The van der Waals surface area contributed by atoms with Crippen molar-refractivity contribution in [2.75, 3.05) is 7.11 Å². The van der Waals surface area contributed by atoms with Crippen molar-refractivity contribution >= 4 is 44.3 Å². The molecule has 0 aromatic rings. The number of rotatable bonds is 18. The molecule has 6 saturated carbocycles. The van der Waals surface area contributed by atoms with Crippen LogP contribution in [0, 0.1) is 29.1 Å². The van der Waals surface area contributed by atoms with Crippen LogP contribution in [0.2, 0.25) is 0 Å². The summed E-state index contributed by atoms with van der Waals surface area (Å²) in [6, 6.07) is 0. The third kappa shape index (κ3) is 9.73. The van der Waals surface area contributed by atoms with E-state index in [1.807, 2.05) is 0 Å². The standard InChI is InChI=1S/C37H46F18O16S4/c1-27(38)29(39,40)30(41,42)33(27,47)65-19-7-3-15(11-23(19)72-70-68-56)16-4-8-22(25(12-16)74(58,59)60)67-35(49)32(45,46)31(43,44)34(35,48)66-20-9-5-17(13-24(20)73-71-69-57)28(36(50,51)52,37(53,54)55)18-6-10-21(64-2)26(14-18)75(61,62)63/h15-26,56-57H,3-14H2,1-2H3,(H,58,59,60)(H,61,62,63). The van der Waals surface area contributed by atoms with Crippen LogP contribution < -0.4 is 0 Å². The second-order valence-corrected chi connectivity index (χ2v) is 24.7. The van der Waals surface area contributed by atoms with Crippen molar-refractivity contribution in [3.05, 3.63) is 0 Å². The third-order valence-electron chi connectivity index (χ3n) is 15.9. The third-order valence-corrected chi connectivity index (χ3v) is 20.2. The highest BCUT2D eigenvalue weighted by Crippen LogP contribution is 2.72. The van der Waals surface area contributed by atoms with E-state index in [0.29, 0.717) is 0 Å². The molecule has 16 unspecified atom stereocenters. The Morgan fingerprint density at radius 2 is 0.840 bits per heavy atom. The minimum Gasteiger partial charge on any atom is -0.380 e. The van der Waals surface area contributed by atoms with Crippen LogP contribution in [0.15, 0.2) is 0 Å². The maximum Gasteiger partial charge on any atom is 0.403 e. The number of methoxy groups -OCH3 is 1. The SMILES string of the molecule is COC1CCC(C(C2CCC(OC3(F)C(F)(F)C(F)(F)C3(F)OC3CCC(C4CCC(OC5(F)C(C)(F)C(F)(F)C5(F)F)C(SOOO)C4)CC3S(=O)(=O)O)C(SOOO)C2)(C(F)(F)F)C(F)(F)F)CC1S(=O)(=O)O. The van der Waals surface area contributed by atoms with Crippen LogP contribution in [0.3, 0.4) is 0 Å². The first-order chi connectivity index (χ1) is 34.0. The number of hydrogen-bond donors (Lipinski definition) is 4. The molecule has 0 saturated heterocycles. The number of ether oxygens (including phenoxy) is 4. The van der Waals surface area contributed by atoms with Gasteiger partial charge in [0, 0.05) is 31.2 Å². The normalized spacial score (nSPS) is 42.3. The van der Waals surface area contributed by atoms with Crippen LogP contribution in [0.4, 0.5) is 79.0 Å². The highest BCUT2D eigenvalue weighted by Gasteiger charge is 3.02. The van der Waals surface area contributed by atoms with Gasteiger partial charge in [-0.15, -0.1) is 8.67 Å². The van der Waals surface area contributed by atoms with Gasteiger partial charge in [0.2, 0.25) is 5.67 Å². The Morgan fingerprint density at radius 1 is 0.480 bits per heavy atom. The van der Waals surface area contributed by atoms with Crippen molar-refractivity contribution in [1.29, 1.82) is 0 Å². The molecule has 38 heteroatoms. The number of halogens is 18. The van der Waals surface area contributed by atoms with E-state index in [4.69, 9.17) is 15.3 Å². The molecule has 0 spiro atoms. The first kappa shape index (κ1) is 63.0. The van der Waals surface area contributed by atoms with Crippen LogP contribution >= 0.6 is 24.1 Å². The molecular formula is C37H46F18O16S4. The minimum absolute atomic E-state index is 0.0287. The Hall–Kier alpha value is -1.14. The highest BCUT2D eigenvalue weighted by molar-refractivity contribution is 7.95. The van der Waals surface area contributed by atoms with Crippen molar-refractivity contribution in [3.63, 3.8) is 0 Å². The van der Waals surface area contributed by atoms with Gasteiger partial charge in [-0.05, 0) is 108 Å². The fraction of sp³-hybridized carbons (Fsp3) is 1.00. The number of alkyl halides is 18. The average Bonchev–Trinajstić information content (AvgIpc) is 3.28. The summed E-state index contributed by atoms with van der Waals surface area (Å²) in [5.41, 5.74) is -9.61. The van der Waals surface area contributed by atoms with Crippen LogP contribution in [0.1, 0.15) is 84.0 Å². The Balaban J connectivity index is 1.25. The predicted octanol–water partition coefficient (Wildman–Crippen LogP) is 10.2. The maximum atomic E-state index is 16.8. The molecule has 0 bridgehead atoms. The molecule has 16 nitrogen and oxygen atoms in total. The lowest BCUT2D eigenvalue weighted by atomic mass is 9.57. The summed E-state index contributed by atoms with van der Waals surface area (Å²) in [6.07, 6.45) is -34.5. The van der Waals surface area contributed by atoms with E-state index < -0.39 is 243 Å². The van der Waals surface area contributed by atoms with Gasteiger partial charge >= 0.3 is 53.6 Å². The second-order valence-electron chi connectivity index (χ2n) is 19.5. The Bertz CT molecular complexity index is 2240.